The molecule has 1 aromatic carbocycles. The summed E-state index contributed by atoms with van der Waals surface area (Å²) in [6.45, 7) is 2.86. The van der Waals surface area contributed by atoms with Crippen LogP contribution in [0.2, 0.25) is 0 Å². The van der Waals surface area contributed by atoms with Gasteiger partial charge in [-0.1, -0.05) is 0 Å². The SMILES string of the molecule is CC(C)=[NH+]c1c(F)c(F)c(F)c(F)c1F.[Br-]. The van der Waals surface area contributed by atoms with Crippen LogP contribution < -0.4 is 22.0 Å². The van der Waals surface area contributed by atoms with Crippen molar-refractivity contribution in [1.29, 1.82) is 0 Å². The van der Waals surface area contributed by atoms with Crippen molar-refractivity contribution < 1.29 is 43.9 Å². The van der Waals surface area contributed by atoms with Crippen LogP contribution in [-0.2, 0) is 0 Å². The van der Waals surface area contributed by atoms with Crippen molar-refractivity contribution in [2.24, 2.45) is 0 Å². The third-order valence-corrected chi connectivity index (χ3v) is 1.58. The summed E-state index contributed by atoms with van der Waals surface area (Å²) in [6.07, 6.45) is 0. The molecule has 0 radical (unpaired) electrons. The van der Waals surface area contributed by atoms with E-state index in [-0.39, 0.29) is 17.0 Å². The molecule has 0 saturated heterocycles. The highest BCUT2D eigenvalue weighted by Crippen LogP contribution is 2.23. The van der Waals surface area contributed by atoms with Gasteiger partial charge in [-0.2, -0.15) is 8.78 Å². The predicted molar refractivity (Wildman–Crippen MR) is 43.2 cm³/mol. The normalized spacial score (nSPS) is 9.69. The second kappa shape index (κ2) is 5.38. The monoisotopic (exact) mass is 303 g/mol. The number of halogens is 6. The van der Waals surface area contributed by atoms with Crippen LogP contribution in [0.1, 0.15) is 13.8 Å². The minimum Gasteiger partial charge on any atom is -1.00 e. The Kier molecular flexibility index (Phi) is 5.05. The number of hydrogen-bond donors (Lipinski definition) is 1. The van der Waals surface area contributed by atoms with Crippen molar-refractivity contribution in [3.63, 3.8) is 0 Å². The van der Waals surface area contributed by atoms with E-state index >= 15 is 0 Å². The van der Waals surface area contributed by atoms with E-state index in [1.165, 1.54) is 13.8 Å². The van der Waals surface area contributed by atoms with Crippen molar-refractivity contribution in [3.05, 3.63) is 29.1 Å². The molecule has 0 bridgehead atoms. The zero-order valence-corrected chi connectivity index (χ0v) is 9.85. The Bertz CT molecular complexity index is 411. The molecule has 0 aromatic heterocycles. The summed E-state index contributed by atoms with van der Waals surface area (Å²) in [6, 6.07) is 0. The van der Waals surface area contributed by atoms with Gasteiger partial charge in [-0.3, -0.25) is 0 Å². The molecule has 90 valence electrons. The van der Waals surface area contributed by atoms with Gasteiger partial charge >= 0.3 is 0 Å². The maximum Gasteiger partial charge on any atom is 0.282 e. The van der Waals surface area contributed by atoms with Crippen LogP contribution >= 0.6 is 0 Å². The maximum absolute atomic E-state index is 13.0. The average molecular weight is 304 g/mol. The topological polar surface area (TPSA) is 14.0 Å². The van der Waals surface area contributed by atoms with Crippen LogP contribution in [-0.4, -0.2) is 5.71 Å². The molecule has 7 heteroatoms. The lowest BCUT2D eigenvalue weighted by molar-refractivity contribution is -0.361. The molecule has 1 nitrogen and oxygen atoms in total. The minimum atomic E-state index is -2.16. The maximum atomic E-state index is 13.0. The first-order chi connectivity index (χ1) is 6.86. The van der Waals surface area contributed by atoms with Crippen LogP contribution in [0.3, 0.4) is 0 Å². The fourth-order valence-electron chi connectivity index (χ4n) is 0.965. The second-order valence-electron chi connectivity index (χ2n) is 3.07. The van der Waals surface area contributed by atoms with E-state index in [1.54, 1.807) is 0 Å². The molecule has 0 atom stereocenters. The Balaban J connectivity index is 0.00000225. The molecule has 0 aliphatic rings. The fourth-order valence-corrected chi connectivity index (χ4v) is 0.965. The van der Waals surface area contributed by atoms with Crippen LogP contribution in [0.15, 0.2) is 0 Å². The van der Waals surface area contributed by atoms with Gasteiger partial charge in [0.05, 0.1) is 0 Å². The summed E-state index contributed by atoms with van der Waals surface area (Å²) < 4.78 is 63.8. The lowest BCUT2D eigenvalue weighted by atomic mass is 10.2. The quantitative estimate of drug-likeness (QED) is 0.283. The lowest BCUT2D eigenvalue weighted by Gasteiger charge is -1.99. The molecule has 16 heavy (non-hydrogen) atoms. The number of hydrogen-bond acceptors (Lipinski definition) is 0. The standard InChI is InChI=1S/C9H6F5N.BrH/c1-3(2)15-9-7(13)5(11)4(10)6(12)8(9)14;/h1-2H3;1H. The van der Waals surface area contributed by atoms with Gasteiger partial charge in [-0.15, -0.1) is 0 Å². The smallest absolute Gasteiger partial charge is 0.282 e. The van der Waals surface area contributed by atoms with Crippen LogP contribution in [0.4, 0.5) is 27.6 Å². The van der Waals surface area contributed by atoms with Gasteiger partial charge in [0.1, 0.15) is 5.71 Å². The van der Waals surface area contributed by atoms with Crippen molar-refractivity contribution in [2.75, 3.05) is 0 Å². The summed E-state index contributed by atoms with van der Waals surface area (Å²) in [7, 11) is 0. The predicted octanol–water partition coefficient (Wildman–Crippen LogP) is -1.42. The van der Waals surface area contributed by atoms with Gasteiger partial charge in [0, 0.05) is 13.8 Å². The Labute approximate surface area is 98.8 Å². The van der Waals surface area contributed by atoms with Crippen molar-refractivity contribution in [3.8, 4) is 0 Å². The molecule has 0 aliphatic heterocycles. The minimum absolute atomic E-state index is 0. The van der Waals surface area contributed by atoms with E-state index in [4.69, 9.17) is 0 Å². The molecule has 0 spiro atoms. The first-order valence-corrected chi connectivity index (χ1v) is 3.94. The van der Waals surface area contributed by atoms with E-state index in [0.29, 0.717) is 5.71 Å². The molecule has 1 N–H and O–H groups in total. The molecular formula is C9H7BrF5N. The highest BCUT2D eigenvalue weighted by atomic mass is 79.9. The number of rotatable bonds is 1. The molecular weight excluding hydrogens is 297 g/mol. The Hall–Kier alpha value is -0.980. The van der Waals surface area contributed by atoms with Gasteiger partial charge in [-0.05, 0) is 0 Å². The fraction of sp³-hybridized carbons (Fsp3) is 0.222. The molecule has 1 aromatic rings. The summed E-state index contributed by atoms with van der Waals surface area (Å²) in [4.78, 5) is 2.07. The zero-order chi connectivity index (χ0) is 11.7. The number of benzene rings is 1. The van der Waals surface area contributed by atoms with Crippen LogP contribution in [0.5, 0.6) is 0 Å². The lowest BCUT2D eigenvalue weighted by Crippen LogP contribution is -3.00. The van der Waals surface area contributed by atoms with Gasteiger partial charge in [0.15, 0.2) is 0 Å². The molecule has 0 unspecified atom stereocenters. The second-order valence-corrected chi connectivity index (χ2v) is 3.07. The van der Waals surface area contributed by atoms with Crippen molar-refractivity contribution >= 4 is 11.4 Å². The number of nitrogens with one attached hydrogen (secondary N) is 1. The van der Waals surface area contributed by atoms with E-state index in [2.05, 4.69) is 4.99 Å². The molecule has 1 rings (SSSR count). The van der Waals surface area contributed by atoms with E-state index < -0.39 is 34.8 Å². The first-order valence-electron chi connectivity index (χ1n) is 3.94. The van der Waals surface area contributed by atoms with Gasteiger partial charge in [0.2, 0.25) is 29.1 Å². The molecule has 0 saturated carbocycles. The largest absolute Gasteiger partial charge is 1.00 e. The third-order valence-electron chi connectivity index (χ3n) is 1.58. The molecule has 0 fully saturated rings. The first kappa shape index (κ1) is 15.0. The summed E-state index contributed by atoms with van der Waals surface area (Å²) in [5, 5.41) is 0. The Morgan fingerprint density at radius 1 is 0.750 bits per heavy atom. The Morgan fingerprint density at radius 3 is 1.38 bits per heavy atom. The third kappa shape index (κ3) is 2.58. The average Bonchev–Trinajstić information content (AvgIpc) is 2.18. The van der Waals surface area contributed by atoms with Crippen molar-refractivity contribution in [2.45, 2.75) is 13.8 Å². The van der Waals surface area contributed by atoms with E-state index in [9.17, 15) is 22.0 Å². The highest BCUT2D eigenvalue weighted by molar-refractivity contribution is 5.73. The van der Waals surface area contributed by atoms with Crippen molar-refractivity contribution in [1.82, 2.24) is 0 Å². The summed E-state index contributed by atoms with van der Waals surface area (Å²) in [5.74, 6) is -9.82. The highest BCUT2D eigenvalue weighted by Gasteiger charge is 2.29. The molecule has 0 amide bonds. The zero-order valence-electron chi connectivity index (χ0n) is 8.27. The van der Waals surface area contributed by atoms with Crippen LogP contribution in [0.25, 0.3) is 0 Å². The molecule has 0 heterocycles. The summed E-state index contributed by atoms with van der Waals surface area (Å²) in [5.41, 5.74) is -0.732. The van der Waals surface area contributed by atoms with Gasteiger partial charge < -0.3 is 17.0 Å². The van der Waals surface area contributed by atoms with Gasteiger partial charge in [-0.25, -0.2) is 18.2 Å². The van der Waals surface area contributed by atoms with Crippen LogP contribution in [0, 0.1) is 29.1 Å². The summed E-state index contributed by atoms with van der Waals surface area (Å²) >= 11 is 0. The van der Waals surface area contributed by atoms with Gasteiger partial charge in [0.25, 0.3) is 5.69 Å². The Morgan fingerprint density at radius 2 is 1.06 bits per heavy atom. The molecule has 0 aliphatic carbocycles. The van der Waals surface area contributed by atoms with E-state index in [0.717, 1.165) is 0 Å². The van der Waals surface area contributed by atoms with E-state index in [1.807, 2.05) is 0 Å².